The molecular formula is C30H27FN2O2. The molecule has 0 spiro atoms. The molecule has 3 aromatic rings. The molecule has 0 saturated heterocycles. The minimum atomic E-state index is -0.887. The Balaban J connectivity index is 1.87. The number of carbonyl (C=O) groups is 1. The number of anilines is 1. The number of hydrogen-bond donors (Lipinski definition) is 2. The number of nitrogens with one attached hydrogen (secondary N) is 1. The maximum atomic E-state index is 15.3. The van der Waals surface area contributed by atoms with Gasteiger partial charge in [-0.05, 0) is 30.0 Å². The fourth-order valence-corrected chi connectivity index (χ4v) is 5.25. The van der Waals surface area contributed by atoms with Crippen LogP contribution in [0, 0.1) is 16.6 Å². The zero-order valence-corrected chi connectivity index (χ0v) is 19.8. The van der Waals surface area contributed by atoms with Gasteiger partial charge in [0.25, 0.3) is 0 Å². The lowest BCUT2D eigenvalue weighted by Crippen LogP contribution is -2.45. The van der Waals surface area contributed by atoms with Gasteiger partial charge in [-0.3, -0.25) is 15.1 Å². The van der Waals surface area contributed by atoms with Crippen LogP contribution >= 0.6 is 0 Å². The van der Waals surface area contributed by atoms with Crippen LogP contribution in [0.5, 0.6) is 0 Å². The largest absolute Gasteiger partial charge is 0.507 e. The molecule has 1 unspecified atom stereocenters. The fourth-order valence-electron chi connectivity index (χ4n) is 5.25. The first kappa shape index (κ1) is 22.8. The molecule has 0 radical (unpaired) electrons. The molecule has 0 amide bonds. The molecule has 1 heterocycles. The van der Waals surface area contributed by atoms with Crippen molar-refractivity contribution in [3.05, 3.63) is 119 Å². The number of aliphatic hydroxyl groups is 1. The van der Waals surface area contributed by atoms with Crippen molar-refractivity contribution in [2.45, 2.75) is 32.6 Å². The van der Waals surface area contributed by atoms with E-state index in [1.54, 1.807) is 47.4 Å². The lowest BCUT2D eigenvalue weighted by Gasteiger charge is -2.45. The summed E-state index contributed by atoms with van der Waals surface area (Å²) in [6.07, 6.45) is 0.863. The summed E-state index contributed by atoms with van der Waals surface area (Å²) in [6, 6.07) is 24.7. The first-order chi connectivity index (χ1) is 16.8. The summed E-state index contributed by atoms with van der Waals surface area (Å²) < 4.78 is 15.3. The van der Waals surface area contributed by atoms with Gasteiger partial charge in [0.1, 0.15) is 17.4 Å². The monoisotopic (exact) mass is 466 g/mol. The predicted molar refractivity (Wildman–Crippen MR) is 137 cm³/mol. The van der Waals surface area contributed by atoms with Crippen molar-refractivity contribution in [1.29, 1.82) is 5.41 Å². The van der Waals surface area contributed by atoms with E-state index in [0.717, 1.165) is 5.69 Å². The highest BCUT2D eigenvalue weighted by Gasteiger charge is 2.47. The van der Waals surface area contributed by atoms with Gasteiger partial charge in [-0.25, -0.2) is 4.39 Å². The second-order valence-electron chi connectivity index (χ2n) is 9.90. The molecule has 2 aliphatic rings. The summed E-state index contributed by atoms with van der Waals surface area (Å²) in [6.45, 7) is 4.07. The third kappa shape index (κ3) is 3.97. The van der Waals surface area contributed by atoms with Crippen molar-refractivity contribution >= 4 is 23.1 Å². The quantitative estimate of drug-likeness (QED) is 0.408. The van der Waals surface area contributed by atoms with E-state index >= 15 is 4.39 Å². The Kier molecular flexibility index (Phi) is 5.64. The van der Waals surface area contributed by atoms with E-state index in [2.05, 4.69) is 0 Å². The van der Waals surface area contributed by atoms with E-state index in [-0.39, 0.29) is 33.9 Å². The lowest BCUT2D eigenvalue weighted by atomic mass is 9.67. The van der Waals surface area contributed by atoms with E-state index in [0.29, 0.717) is 29.7 Å². The number of allylic oxidation sites excluding steroid dienone is 2. The molecule has 176 valence electrons. The Hall–Kier alpha value is -3.99. The van der Waals surface area contributed by atoms with Gasteiger partial charge in [-0.1, -0.05) is 80.6 Å². The molecule has 4 nitrogen and oxygen atoms in total. The Morgan fingerprint density at radius 2 is 1.54 bits per heavy atom. The fraction of sp³-hybridized carbons (Fsp3) is 0.200. The van der Waals surface area contributed by atoms with E-state index < -0.39 is 11.7 Å². The molecule has 35 heavy (non-hydrogen) atoms. The van der Waals surface area contributed by atoms with Gasteiger partial charge in [-0.2, -0.15) is 0 Å². The highest BCUT2D eigenvalue weighted by atomic mass is 19.1. The number of para-hydroxylation sites is 1. The number of ketones is 1. The van der Waals surface area contributed by atoms with Crippen LogP contribution in [0.15, 0.2) is 102 Å². The smallest absolute Gasteiger partial charge is 0.162 e. The maximum absolute atomic E-state index is 15.3. The highest BCUT2D eigenvalue weighted by molar-refractivity contribution is 6.19. The van der Waals surface area contributed by atoms with Gasteiger partial charge in [0, 0.05) is 46.0 Å². The molecule has 5 heteroatoms. The highest BCUT2D eigenvalue weighted by Crippen LogP contribution is 2.51. The average molecular weight is 467 g/mol. The molecule has 2 N–H and O–H groups in total. The number of hydrogen-bond acceptors (Lipinski definition) is 3. The van der Waals surface area contributed by atoms with Crippen LogP contribution in [-0.2, 0) is 4.79 Å². The molecule has 0 bridgehead atoms. The zero-order chi connectivity index (χ0) is 24.7. The number of nitrogens with zero attached hydrogens (tertiary/aromatic N) is 1. The summed E-state index contributed by atoms with van der Waals surface area (Å²) in [5, 5.41) is 20.9. The number of benzene rings is 3. The van der Waals surface area contributed by atoms with Crippen LogP contribution in [0.1, 0.15) is 43.7 Å². The van der Waals surface area contributed by atoms with E-state index in [1.807, 2.05) is 50.2 Å². The number of Topliss-reactive ketones (excluding diaryl/α,β-unsaturated/α-hetero) is 1. The molecule has 0 fully saturated rings. The van der Waals surface area contributed by atoms with Crippen molar-refractivity contribution < 1.29 is 14.3 Å². The van der Waals surface area contributed by atoms with Crippen LogP contribution < -0.4 is 4.90 Å². The van der Waals surface area contributed by atoms with Crippen molar-refractivity contribution in [1.82, 2.24) is 0 Å². The number of amidine groups is 1. The first-order valence-corrected chi connectivity index (χ1v) is 11.7. The van der Waals surface area contributed by atoms with Crippen molar-refractivity contribution in [2.24, 2.45) is 5.41 Å². The first-order valence-electron chi connectivity index (χ1n) is 11.7. The molecule has 0 aromatic heterocycles. The zero-order valence-electron chi connectivity index (χ0n) is 19.8. The van der Waals surface area contributed by atoms with E-state index in [1.165, 1.54) is 6.07 Å². The van der Waals surface area contributed by atoms with Gasteiger partial charge in [0.15, 0.2) is 5.78 Å². The van der Waals surface area contributed by atoms with Crippen molar-refractivity contribution in [3.8, 4) is 0 Å². The lowest BCUT2D eigenvalue weighted by molar-refractivity contribution is -0.118. The van der Waals surface area contributed by atoms with Crippen LogP contribution in [0.3, 0.4) is 0 Å². The minimum Gasteiger partial charge on any atom is -0.507 e. The summed E-state index contributed by atoms with van der Waals surface area (Å²) in [5.74, 6) is -1.54. The van der Waals surface area contributed by atoms with Crippen LogP contribution in [0.2, 0.25) is 0 Å². The van der Waals surface area contributed by atoms with Gasteiger partial charge >= 0.3 is 0 Å². The molecule has 0 saturated carbocycles. The third-order valence-electron chi connectivity index (χ3n) is 6.76. The average Bonchev–Trinajstić information content (AvgIpc) is 2.84. The van der Waals surface area contributed by atoms with Crippen molar-refractivity contribution in [3.63, 3.8) is 0 Å². The summed E-state index contributed by atoms with van der Waals surface area (Å²) in [5.41, 5.74) is 2.56. The van der Waals surface area contributed by atoms with Gasteiger partial charge in [0.05, 0.1) is 0 Å². The van der Waals surface area contributed by atoms with Gasteiger partial charge < -0.3 is 5.11 Å². The van der Waals surface area contributed by atoms with Crippen LogP contribution in [0.25, 0.3) is 5.76 Å². The Morgan fingerprint density at radius 1 is 0.943 bits per heavy atom. The second-order valence-corrected chi connectivity index (χ2v) is 9.90. The molecule has 3 aromatic carbocycles. The van der Waals surface area contributed by atoms with Crippen LogP contribution in [-0.4, -0.2) is 16.7 Å². The summed E-state index contributed by atoms with van der Waals surface area (Å²) in [4.78, 5) is 15.5. The predicted octanol–water partition coefficient (Wildman–Crippen LogP) is 7.02. The second kappa shape index (κ2) is 8.66. The number of rotatable bonds is 3. The molecule has 1 atom stereocenters. The van der Waals surface area contributed by atoms with Gasteiger partial charge in [-0.15, -0.1) is 0 Å². The normalized spacial score (nSPS) is 21.1. The SMILES string of the molecule is CC1(C)CC(=O)C2=C(C1)N(c1ccccc1)C(=N)/C(=C(/O)c1ccccc1)C2c1ccccc1F. The number of aliphatic hydroxyl groups excluding tert-OH is 1. The topological polar surface area (TPSA) is 64.4 Å². The van der Waals surface area contributed by atoms with Gasteiger partial charge in [0.2, 0.25) is 0 Å². The minimum absolute atomic E-state index is 0.0371. The van der Waals surface area contributed by atoms with E-state index in [4.69, 9.17) is 0 Å². The Morgan fingerprint density at radius 3 is 2.20 bits per heavy atom. The molecule has 1 aliphatic heterocycles. The van der Waals surface area contributed by atoms with Crippen LogP contribution in [0.4, 0.5) is 10.1 Å². The molecule has 5 rings (SSSR count). The summed E-state index contributed by atoms with van der Waals surface area (Å²) in [7, 11) is 0. The van der Waals surface area contributed by atoms with E-state index in [9.17, 15) is 15.3 Å². The number of halogens is 1. The third-order valence-corrected chi connectivity index (χ3v) is 6.76. The summed E-state index contributed by atoms with van der Waals surface area (Å²) >= 11 is 0. The standard InChI is InChI=1S/C30H27FN2O2/c1-30(2)17-23-26(24(34)18-30)25(21-15-9-10-16-22(21)31)27(28(35)19-11-5-3-6-12-19)29(32)33(23)20-13-7-4-8-14-20/h3-16,25,32,35H,17-18H2,1-2H3/b28-27+,32-29?. The van der Waals surface area contributed by atoms with Crippen molar-refractivity contribution in [2.75, 3.05) is 4.90 Å². The number of carbonyl (C=O) groups excluding carboxylic acids is 1. The Bertz CT molecular complexity index is 1370. The maximum Gasteiger partial charge on any atom is 0.162 e. The molecule has 1 aliphatic carbocycles. The Labute approximate surface area is 204 Å². The molecular weight excluding hydrogens is 439 g/mol.